The fourth-order valence-electron chi connectivity index (χ4n) is 0.394. The van der Waals surface area contributed by atoms with Crippen LogP contribution in [0.25, 0.3) is 0 Å². The monoisotopic (exact) mass is 179 g/mol. The topological polar surface area (TPSA) is 93.4 Å². The summed E-state index contributed by atoms with van der Waals surface area (Å²) < 4.78 is 28.6. The van der Waals surface area contributed by atoms with Gasteiger partial charge in [-0.2, -0.15) is 13.7 Å². The third-order valence-corrected chi connectivity index (χ3v) is 1.62. The van der Waals surface area contributed by atoms with E-state index >= 15 is 0 Å². The molecule has 0 aromatic rings. The quantitative estimate of drug-likeness (QED) is 0.243. The number of hydrazine groups is 1. The van der Waals surface area contributed by atoms with Crippen molar-refractivity contribution in [2.75, 3.05) is 19.3 Å². The van der Waals surface area contributed by atoms with Crippen molar-refractivity contribution in [3.63, 3.8) is 0 Å². The zero-order valence-electron chi connectivity index (χ0n) is 5.98. The van der Waals surface area contributed by atoms with E-state index in [1.807, 2.05) is 0 Å². The lowest BCUT2D eigenvalue weighted by Gasteiger charge is -2.11. The summed E-state index contributed by atoms with van der Waals surface area (Å²) in [5.41, 5.74) is 2.18. The highest BCUT2D eigenvalue weighted by molar-refractivity contribution is 7.85. The minimum absolute atomic E-state index is 0.0619. The van der Waals surface area contributed by atoms with Gasteiger partial charge >= 0.3 is 0 Å². The zero-order chi connectivity index (χ0) is 8.91. The lowest BCUT2D eigenvalue weighted by Crippen LogP contribution is -2.34. The maximum absolute atomic E-state index is 10.2. The van der Waals surface area contributed by atoms with Gasteiger partial charge in [0.15, 0.2) is 6.19 Å². The Bertz CT molecular complexity index is 242. The normalized spacial score (nSPS) is 11.1. The molecule has 0 aliphatic heterocycles. The van der Waals surface area contributed by atoms with Crippen LogP contribution in [-0.2, 0) is 10.1 Å². The van der Waals surface area contributed by atoms with Crippen molar-refractivity contribution in [1.82, 2.24) is 10.4 Å². The van der Waals surface area contributed by atoms with E-state index in [4.69, 9.17) is 9.81 Å². The van der Waals surface area contributed by atoms with Gasteiger partial charge in [0, 0.05) is 13.6 Å². The van der Waals surface area contributed by atoms with E-state index in [0.29, 0.717) is 0 Å². The Labute approximate surface area is 65.1 Å². The molecular formula is C4H9N3O3S. The van der Waals surface area contributed by atoms with Crippen molar-refractivity contribution in [3.05, 3.63) is 0 Å². The summed E-state index contributed by atoms with van der Waals surface area (Å²) in [6, 6.07) is 0. The van der Waals surface area contributed by atoms with Gasteiger partial charge in [0.25, 0.3) is 10.1 Å². The summed E-state index contributed by atoms with van der Waals surface area (Å²) in [5.74, 6) is -0.391. The molecule has 0 amide bonds. The third kappa shape index (κ3) is 7.05. The second kappa shape index (κ2) is 4.12. The van der Waals surface area contributed by atoms with Gasteiger partial charge in [0.2, 0.25) is 0 Å². The molecule has 0 saturated carbocycles. The van der Waals surface area contributed by atoms with Crippen LogP contribution in [0.5, 0.6) is 0 Å². The van der Waals surface area contributed by atoms with E-state index < -0.39 is 15.9 Å². The molecule has 0 bridgehead atoms. The van der Waals surface area contributed by atoms with Crippen molar-refractivity contribution >= 4 is 10.1 Å². The van der Waals surface area contributed by atoms with E-state index in [1.54, 1.807) is 6.19 Å². The van der Waals surface area contributed by atoms with Crippen LogP contribution in [0.15, 0.2) is 0 Å². The first-order chi connectivity index (χ1) is 4.95. The van der Waals surface area contributed by atoms with Crippen molar-refractivity contribution in [3.8, 4) is 6.19 Å². The SMILES string of the molecule is CN(CCS(=O)(=O)O)NC#N. The number of rotatable bonds is 4. The smallest absolute Gasteiger partial charge is 0.266 e. The molecule has 0 heterocycles. The minimum Gasteiger partial charge on any atom is -0.286 e. The average molecular weight is 179 g/mol. The van der Waals surface area contributed by atoms with Gasteiger partial charge in [-0.15, -0.1) is 0 Å². The Morgan fingerprint density at radius 1 is 1.73 bits per heavy atom. The van der Waals surface area contributed by atoms with Crippen LogP contribution < -0.4 is 5.43 Å². The molecule has 0 aromatic heterocycles. The molecule has 0 aliphatic rings. The summed E-state index contributed by atoms with van der Waals surface area (Å²) in [4.78, 5) is 0. The second-order valence-corrected chi connectivity index (χ2v) is 3.50. The summed E-state index contributed by atoms with van der Waals surface area (Å²) in [6.07, 6.45) is 1.60. The molecule has 0 aromatic carbocycles. The molecule has 0 radical (unpaired) electrons. The van der Waals surface area contributed by atoms with Crippen LogP contribution >= 0.6 is 0 Å². The highest BCUT2D eigenvalue weighted by Crippen LogP contribution is 1.82. The van der Waals surface area contributed by atoms with Gasteiger partial charge in [-0.1, -0.05) is 0 Å². The van der Waals surface area contributed by atoms with Crippen LogP contribution in [0.4, 0.5) is 0 Å². The van der Waals surface area contributed by atoms with E-state index in [2.05, 4.69) is 5.43 Å². The Morgan fingerprint density at radius 2 is 2.27 bits per heavy atom. The minimum atomic E-state index is -3.93. The number of nitriles is 1. The Kier molecular flexibility index (Phi) is 3.81. The molecule has 11 heavy (non-hydrogen) atoms. The predicted molar refractivity (Wildman–Crippen MR) is 37.8 cm³/mol. The van der Waals surface area contributed by atoms with Gasteiger partial charge in [0.05, 0.1) is 5.75 Å². The Balaban J connectivity index is 3.65. The zero-order valence-corrected chi connectivity index (χ0v) is 6.80. The molecule has 0 saturated heterocycles. The van der Waals surface area contributed by atoms with Gasteiger partial charge in [-0.05, 0) is 0 Å². The summed E-state index contributed by atoms with van der Waals surface area (Å²) >= 11 is 0. The molecular weight excluding hydrogens is 170 g/mol. The maximum Gasteiger partial charge on any atom is 0.266 e. The number of nitrogens with one attached hydrogen (secondary N) is 1. The summed E-state index contributed by atoms with van der Waals surface area (Å²) in [5, 5.41) is 9.31. The molecule has 0 unspecified atom stereocenters. The van der Waals surface area contributed by atoms with Crippen molar-refractivity contribution < 1.29 is 13.0 Å². The van der Waals surface area contributed by atoms with Crippen LogP contribution in [0, 0.1) is 11.5 Å². The predicted octanol–water partition coefficient (Wildman–Crippen LogP) is -1.21. The van der Waals surface area contributed by atoms with Crippen molar-refractivity contribution in [2.45, 2.75) is 0 Å². The van der Waals surface area contributed by atoms with Crippen molar-refractivity contribution in [2.24, 2.45) is 0 Å². The first-order valence-electron chi connectivity index (χ1n) is 2.77. The third-order valence-electron chi connectivity index (χ3n) is 0.926. The molecule has 0 rings (SSSR count). The highest BCUT2D eigenvalue weighted by Gasteiger charge is 2.05. The van der Waals surface area contributed by atoms with Gasteiger partial charge in [0.1, 0.15) is 0 Å². The molecule has 7 heteroatoms. The standard InChI is InChI=1S/C4H9N3O3S/c1-7(6-4-5)2-3-11(8,9)10/h6H,2-3H2,1H3,(H,8,9,10). The lowest BCUT2D eigenvalue weighted by atomic mass is 10.7. The fraction of sp³-hybridized carbons (Fsp3) is 0.750. The molecule has 0 spiro atoms. The Morgan fingerprint density at radius 3 is 2.64 bits per heavy atom. The van der Waals surface area contributed by atoms with E-state index in [-0.39, 0.29) is 6.54 Å². The van der Waals surface area contributed by atoms with Crippen LogP contribution in [0.2, 0.25) is 0 Å². The van der Waals surface area contributed by atoms with Crippen LogP contribution in [0.3, 0.4) is 0 Å². The molecule has 6 nitrogen and oxygen atoms in total. The van der Waals surface area contributed by atoms with E-state index in [0.717, 1.165) is 0 Å². The van der Waals surface area contributed by atoms with Crippen molar-refractivity contribution in [1.29, 1.82) is 5.26 Å². The molecule has 64 valence electrons. The average Bonchev–Trinajstić information content (AvgIpc) is 1.83. The van der Waals surface area contributed by atoms with E-state index in [1.165, 1.54) is 12.1 Å². The lowest BCUT2D eigenvalue weighted by molar-refractivity contribution is 0.297. The summed E-state index contributed by atoms with van der Waals surface area (Å²) in [6.45, 7) is 0.0619. The number of hydrogen-bond donors (Lipinski definition) is 2. The molecule has 0 atom stereocenters. The van der Waals surface area contributed by atoms with Crippen LogP contribution in [0.1, 0.15) is 0 Å². The molecule has 2 N–H and O–H groups in total. The second-order valence-electron chi connectivity index (χ2n) is 1.93. The van der Waals surface area contributed by atoms with Gasteiger partial charge in [-0.25, -0.2) is 5.01 Å². The summed E-state index contributed by atoms with van der Waals surface area (Å²) in [7, 11) is -2.43. The van der Waals surface area contributed by atoms with E-state index in [9.17, 15) is 8.42 Å². The van der Waals surface area contributed by atoms with Gasteiger partial charge < -0.3 is 0 Å². The molecule has 0 fully saturated rings. The number of hydrogen-bond acceptors (Lipinski definition) is 5. The highest BCUT2D eigenvalue weighted by atomic mass is 32.2. The molecule has 0 aliphatic carbocycles. The fourth-order valence-corrected chi connectivity index (χ4v) is 0.898. The maximum atomic E-state index is 10.2. The van der Waals surface area contributed by atoms with Crippen LogP contribution in [-0.4, -0.2) is 37.3 Å². The first-order valence-corrected chi connectivity index (χ1v) is 4.37. The number of nitrogens with zero attached hydrogens (tertiary/aromatic N) is 2. The Hall–Kier alpha value is -0.840. The van der Waals surface area contributed by atoms with Gasteiger partial charge in [-0.3, -0.25) is 9.98 Å². The first kappa shape index (κ1) is 10.2. The largest absolute Gasteiger partial charge is 0.286 e.